The van der Waals surface area contributed by atoms with Gasteiger partial charge < -0.3 is 9.64 Å². The van der Waals surface area contributed by atoms with Gasteiger partial charge in [-0.3, -0.25) is 9.69 Å². The van der Waals surface area contributed by atoms with Gasteiger partial charge in [-0.1, -0.05) is 25.7 Å². The van der Waals surface area contributed by atoms with E-state index in [1.54, 1.807) is 13.2 Å². The molecule has 0 bridgehead atoms. The number of hydrogen-bond donors (Lipinski definition) is 1. The molecule has 0 radical (unpaired) electrons. The molecule has 2 aliphatic carbocycles. The second-order valence-electron chi connectivity index (χ2n) is 12.4. The Hall–Kier alpha value is -3.13. The van der Waals surface area contributed by atoms with Gasteiger partial charge in [-0.15, -0.1) is 0 Å². The first-order chi connectivity index (χ1) is 21.2. The average molecular weight is 625 g/mol. The van der Waals surface area contributed by atoms with E-state index in [9.17, 15) is 13.2 Å². The van der Waals surface area contributed by atoms with E-state index in [0.29, 0.717) is 11.6 Å². The third-order valence-corrected chi connectivity index (χ3v) is 10.8. The number of aromatic nitrogens is 4. The van der Waals surface area contributed by atoms with Crippen molar-refractivity contribution in [1.82, 2.24) is 33.7 Å². The highest BCUT2D eigenvalue weighted by Gasteiger charge is 2.32. The minimum Gasteiger partial charge on any atom is -0.383 e. The van der Waals surface area contributed by atoms with Gasteiger partial charge in [0.2, 0.25) is 0 Å². The van der Waals surface area contributed by atoms with E-state index in [-0.39, 0.29) is 11.7 Å². The van der Waals surface area contributed by atoms with Crippen molar-refractivity contribution in [1.29, 1.82) is 0 Å². The number of anilines is 1. The average Bonchev–Trinajstić information content (AvgIpc) is 3.38. The van der Waals surface area contributed by atoms with Crippen LogP contribution in [0.25, 0.3) is 22.2 Å². The van der Waals surface area contributed by atoms with Crippen LogP contribution in [-0.4, -0.2) is 104 Å². The lowest BCUT2D eigenvalue weighted by Crippen LogP contribution is -2.47. The molecule has 238 valence electrons. The van der Waals surface area contributed by atoms with Crippen LogP contribution in [0.2, 0.25) is 0 Å². The molecule has 3 fully saturated rings. The Morgan fingerprint density at radius 3 is 2.41 bits per heavy atom. The number of nitrogens with zero attached hydrogens (tertiary/aromatic N) is 7. The van der Waals surface area contributed by atoms with Crippen molar-refractivity contribution in [3.8, 4) is 11.1 Å². The van der Waals surface area contributed by atoms with Gasteiger partial charge in [0.15, 0.2) is 5.65 Å². The van der Waals surface area contributed by atoms with Crippen LogP contribution in [0.5, 0.6) is 0 Å². The molecule has 13 heteroatoms. The Morgan fingerprint density at radius 2 is 1.80 bits per heavy atom. The standard InChI is InChI=1S/C31H44N8O4S/c1-36(2)44(41,42)35-31(40)26-20-25(23-12-13-27(32-21-23)38-16-14-37(15-17-38)18-19-43-3)28-29(22-8-7-9-22)34-39(30(28)33-26)24-10-5-4-6-11-24/h12-13,20-22,24H,4-11,14-19H2,1-3H3,(H,35,40). The fourth-order valence-electron chi connectivity index (χ4n) is 6.47. The largest absolute Gasteiger partial charge is 0.383 e. The molecule has 0 aromatic carbocycles. The van der Waals surface area contributed by atoms with E-state index in [1.807, 2.05) is 16.9 Å². The van der Waals surface area contributed by atoms with Crippen molar-refractivity contribution in [3.63, 3.8) is 0 Å². The summed E-state index contributed by atoms with van der Waals surface area (Å²) in [5.41, 5.74) is 3.40. The van der Waals surface area contributed by atoms with Crippen LogP contribution in [-0.2, 0) is 14.9 Å². The van der Waals surface area contributed by atoms with Crippen molar-refractivity contribution < 1.29 is 17.9 Å². The van der Waals surface area contributed by atoms with Gasteiger partial charge in [0.05, 0.1) is 23.7 Å². The van der Waals surface area contributed by atoms with Crippen LogP contribution in [0.3, 0.4) is 0 Å². The summed E-state index contributed by atoms with van der Waals surface area (Å²) in [7, 11) is 0.502. The molecular weight excluding hydrogens is 580 g/mol. The SMILES string of the molecule is COCCN1CCN(c2ccc(-c3cc(C(=O)NS(=O)(=O)N(C)C)nc4c3c(C3CCC3)nn4C3CCCCC3)cn2)CC1. The molecule has 1 N–H and O–H groups in total. The molecule has 3 aromatic heterocycles. The normalized spacial score (nSPS) is 19.0. The smallest absolute Gasteiger partial charge is 0.303 e. The molecule has 44 heavy (non-hydrogen) atoms. The fraction of sp³-hybridized carbons (Fsp3) is 0.613. The highest BCUT2D eigenvalue weighted by atomic mass is 32.2. The number of ether oxygens (including phenoxy) is 1. The van der Waals surface area contributed by atoms with Crippen molar-refractivity contribution >= 4 is 33.0 Å². The Bertz CT molecular complexity index is 1570. The zero-order valence-corrected chi connectivity index (χ0v) is 26.9. The van der Waals surface area contributed by atoms with Crippen molar-refractivity contribution in [2.24, 2.45) is 0 Å². The van der Waals surface area contributed by atoms with Crippen LogP contribution in [0.1, 0.15) is 79.5 Å². The Morgan fingerprint density at radius 1 is 1.05 bits per heavy atom. The second-order valence-corrected chi connectivity index (χ2v) is 14.3. The molecule has 3 aromatic rings. The van der Waals surface area contributed by atoms with E-state index in [4.69, 9.17) is 19.8 Å². The van der Waals surface area contributed by atoms with Gasteiger partial charge in [-0.2, -0.15) is 17.8 Å². The minimum atomic E-state index is -3.99. The first kappa shape index (κ1) is 30.9. The fourth-order valence-corrected chi connectivity index (χ4v) is 6.99. The molecule has 2 saturated carbocycles. The molecule has 12 nitrogen and oxygen atoms in total. The topological polar surface area (TPSA) is 126 Å². The summed E-state index contributed by atoms with van der Waals surface area (Å²) in [5.74, 6) is 0.496. The number of pyridine rings is 2. The van der Waals surface area contributed by atoms with Gasteiger partial charge >= 0.3 is 10.2 Å². The number of rotatable bonds is 10. The number of amides is 1. The van der Waals surface area contributed by atoms with Gasteiger partial charge in [-0.25, -0.2) is 19.4 Å². The Balaban J connectivity index is 1.40. The molecule has 1 amide bonds. The molecule has 0 spiro atoms. The highest BCUT2D eigenvalue weighted by Crippen LogP contribution is 2.44. The molecule has 4 heterocycles. The summed E-state index contributed by atoms with van der Waals surface area (Å²) in [4.78, 5) is 27.8. The lowest BCUT2D eigenvalue weighted by Gasteiger charge is -2.35. The zero-order chi connectivity index (χ0) is 30.8. The number of piperazine rings is 1. The van der Waals surface area contributed by atoms with Crippen LogP contribution in [0.4, 0.5) is 5.82 Å². The van der Waals surface area contributed by atoms with Gasteiger partial charge in [-0.05, 0) is 49.4 Å². The first-order valence-electron chi connectivity index (χ1n) is 15.9. The number of carbonyl (C=O) groups is 1. The summed E-state index contributed by atoms with van der Waals surface area (Å²) in [6, 6.07) is 6.00. The maximum Gasteiger partial charge on any atom is 0.303 e. The third-order valence-electron chi connectivity index (χ3n) is 9.40. The summed E-state index contributed by atoms with van der Waals surface area (Å²) < 4.78 is 35.6. The lowest BCUT2D eigenvalue weighted by atomic mass is 9.81. The summed E-state index contributed by atoms with van der Waals surface area (Å²) in [6.07, 6.45) is 10.7. The van der Waals surface area contributed by atoms with Gasteiger partial charge in [0.25, 0.3) is 5.91 Å². The molecule has 3 aliphatic rings. The predicted octanol–water partition coefficient (Wildman–Crippen LogP) is 3.57. The monoisotopic (exact) mass is 624 g/mol. The molecule has 0 unspecified atom stereocenters. The van der Waals surface area contributed by atoms with Crippen molar-refractivity contribution in [3.05, 3.63) is 35.8 Å². The van der Waals surface area contributed by atoms with Crippen LogP contribution >= 0.6 is 0 Å². The van der Waals surface area contributed by atoms with E-state index >= 15 is 0 Å². The van der Waals surface area contributed by atoms with E-state index < -0.39 is 16.1 Å². The summed E-state index contributed by atoms with van der Waals surface area (Å²) in [5, 5.41) is 6.15. The van der Waals surface area contributed by atoms with Gasteiger partial charge in [0.1, 0.15) is 11.5 Å². The van der Waals surface area contributed by atoms with Crippen LogP contribution < -0.4 is 9.62 Å². The third kappa shape index (κ3) is 6.33. The number of nitrogens with one attached hydrogen (secondary N) is 1. The first-order valence-corrected chi connectivity index (χ1v) is 17.3. The maximum atomic E-state index is 13.4. The van der Waals surface area contributed by atoms with Crippen molar-refractivity contribution in [2.45, 2.75) is 63.3 Å². The van der Waals surface area contributed by atoms with Crippen LogP contribution in [0.15, 0.2) is 24.4 Å². The maximum absolute atomic E-state index is 13.4. The quantitative estimate of drug-likeness (QED) is 0.360. The highest BCUT2D eigenvalue weighted by molar-refractivity contribution is 7.87. The van der Waals surface area contributed by atoms with Crippen molar-refractivity contribution in [2.75, 3.05) is 65.4 Å². The summed E-state index contributed by atoms with van der Waals surface area (Å²) >= 11 is 0. The van der Waals surface area contributed by atoms with E-state index in [0.717, 1.165) is 110 Å². The molecule has 0 atom stereocenters. The lowest BCUT2D eigenvalue weighted by molar-refractivity contribution is 0.0975. The number of fused-ring (bicyclic) bond motifs is 1. The molecule has 1 saturated heterocycles. The minimum absolute atomic E-state index is 0.0475. The summed E-state index contributed by atoms with van der Waals surface area (Å²) in [6.45, 7) is 5.35. The molecular formula is C31H44N8O4S. The van der Waals surface area contributed by atoms with E-state index in [2.05, 4.69) is 20.6 Å². The number of carbonyl (C=O) groups excluding carboxylic acids is 1. The van der Waals surface area contributed by atoms with Gasteiger partial charge in [0, 0.05) is 71.6 Å². The molecule has 1 aliphatic heterocycles. The Kier molecular flexibility index (Phi) is 9.18. The number of methoxy groups -OCH3 is 1. The number of hydrogen-bond acceptors (Lipinski definition) is 9. The zero-order valence-electron chi connectivity index (χ0n) is 26.0. The van der Waals surface area contributed by atoms with E-state index in [1.165, 1.54) is 26.9 Å². The Labute approximate surface area is 259 Å². The van der Waals surface area contributed by atoms with Crippen LogP contribution in [0, 0.1) is 0 Å². The second kappa shape index (κ2) is 13.1. The predicted molar refractivity (Wildman–Crippen MR) is 170 cm³/mol. The molecule has 6 rings (SSSR count).